The molecule has 2 rings (SSSR count). The normalized spacial score (nSPS) is 10.4. The topological polar surface area (TPSA) is 56.3 Å². The lowest BCUT2D eigenvalue weighted by atomic mass is 10.1. The highest BCUT2D eigenvalue weighted by atomic mass is 35.5. The van der Waals surface area contributed by atoms with Crippen LogP contribution in [0.4, 0.5) is 5.82 Å². The van der Waals surface area contributed by atoms with E-state index in [0.29, 0.717) is 24.2 Å². The van der Waals surface area contributed by atoms with Crippen molar-refractivity contribution >= 4 is 17.4 Å². The molecule has 5 nitrogen and oxygen atoms in total. The summed E-state index contributed by atoms with van der Waals surface area (Å²) in [4.78, 5) is 8.34. The number of nitrogens with zero attached hydrogens (tertiary/aromatic N) is 2. The Balaban J connectivity index is 1.98. The highest BCUT2D eigenvalue weighted by Gasteiger charge is 2.06. The number of hydrogen-bond donors (Lipinski definition) is 1. The largest absolute Gasteiger partial charge is 0.490 e. The minimum Gasteiger partial charge on any atom is -0.490 e. The molecule has 1 N–H and O–H groups in total. The van der Waals surface area contributed by atoms with Gasteiger partial charge in [-0.25, -0.2) is 9.97 Å². The number of aromatic nitrogens is 2. The van der Waals surface area contributed by atoms with Crippen LogP contribution in [-0.2, 0) is 6.42 Å². The number of ether oxygens (including phenoxy) is 2. The lowest BCUT2D eigenvalue weighted by Gasteiger charge is -2.13. The van der Waals surface area contributed by atoms with Crippen LogP contribution in [-0.4, -0.2) is 29.7 Å². The maximum absolute atomic E-state index is 5.93. The predicted octanol–water partition coefficient (Wildman–Crippen LogP) is 3.89. The Morgan fingerprint density at radius 1 is 1.04 bits per heavy atom. The first-order valence-corrected chi connectivity index (χ1v) is 8.13. The Morgan fingerprint density at radius 3 is 2.48 bits per heavy atom. The van der Waals surface area contributed by atoms with Crippen LogP contribution in [0.1, 0.15) is 25.2 Å². The van der Waals surface area contributed by atoms with Gasteiger partial charge in [-0.2, -0.15) is 0 Å². The van der Waals surface area contributed by atoms with E-state index in [1.807, 2.05) is 39.0 Å². The SMILES string of the molecule is CCOc1ccc(CCNc2cc(Cl)nc(C)n2)cc1OCC. The van der Waals surface area contributed by atoms with Crippen molar-refractivity contribution in [1.29, 1.82) is 0 Å². The number of nitrogens with one attached hydrogen (secondary N) is 1. The first kappa shape index (κ1) is 17.3. The first-order chi connectivity index (χ1) is 11.1. The van der Waals surface area contributed by atoms with Crippen LogP contribution in [0.2, 0.25) is 5.15 Å². The Bertz CT molecular complexity index is 629. The van der Waals surface area contributed by atoms with Gasteiger partial charge in [-0.1, -0.05) is 17.7 Å². The highest BCUT2D eigenvalue weighted by Crippen LogP contribution is 2.28. The molecule has 0 saturated carbocycles. The van der Waals surface area contributed by atoms with Gasteiger partial charge in [-0.3, -0.25) is 0 Å². The summed E-state index contributed by atoms with van der Waals surface area (Å²) in [6.07, 6.45) is 0.840. The molecule has 1 aromatic carbocycles. The van der Waals surface area contributed by atoms with Crippen molar-refractivity contribution < 1.29 is 9.47 Å². The van der Waals surface area contributed by atoms with Crippen LogP contribution in [0.15, 0.2) is 24.3 Å². The van der Waals surface area contributed by atoms with Crippen molar-refractivity contribution in [2.45, 2.75) is 27.2 Å². The van der Waals surface area contributed by atoms with E-state index in [2.05, 4.69) is 15.3 Å². The van der Waals surface area contributed by atoms with Gasteiger partial charge in [0.25, 0.3) is 0 Å². The van der Waals surface area contributed by atoms with Crippen LogP contribution in [0.3, 0.4) is 0 Å². The molecule has 0 unspecified atom stereocenters. The maximum atomic E-state index is 5.93. The summed E-state index contributed by atoms with van der Waals surface area (Å²) in [6.45, 7) is 7.72. The molecular formula is C17H22ClN3O2. The van der Waals surface area contributed by atoms with Crippen LogP contribution in [0.25, 0.3) is 0 Å². The second-order valence-corrected chi connectivity index (χ2v) is 5.33. The summed E-state index contributed by atoms with van der Waals surface area (Å²) in [5.74, 6) is 2.95. The molecule has 0 aliphatic heterocycles. The number of benzene rings is 1. The average Bonchev–Trinajstić information content (AvgIpc) is 2.49. The summed E-state index contributed by atoms with van der Waals surface area (Å²) < 4.78 is 11.2. The van der Waals surface area contributed by atoms with Gasteiger partial charge in [-0.05, 0) is 44.9 Å². The van der Waals surface area contributed by atoms with Crippen molar-refractivity contribution in [3.8, 4) is 11.5 Å². The zero-order valence-electron chi connectivity index (χ0n) is 13.7. The zero-order valence-corrected chi connectivity index (χ0v) is 14.5. The van der Waals surface area contributed by atoms with E-state index in [1.54, 1.807) is 6.07 Å². The lowest BCUT2D eigenvalue weighted by Crippen LogP contribution is -2.08. The monoisotopic (exact) mass is 335 g/mol. The molecule has 6 heteroatoms. The second-order valence-electron chi connectivity index (χ2n) is 4.95. The van der Waals surface area contributed by atoms with E-state index in [4.69, 9.17) is 21.1 Å². The van der Waals surface area contributed by atoms with E-state index >= 15 is 0 Å². The fourth-order valence-corrected chi connectivity index (χ4v) is 2.43. The van der Waals surface area contributed by atoms with E-state index in [-0.39, 0.29) is 0 Å². The minimum atomic E-state index is 0.444. The third kappa shape index (κ3) is 5.28. The van der Waals surface area contributed by atoms with E-state index in [0.717, 1.165) is 30.3 Å². The zero-order chi connectivity index (χ0) is 16.7. The van der Waals surface area contributed by atoms with Crippen molar-refractivity contribution in [2.24, 2.45) is 0 Å². The van der Waals surface area contributed by atoms with Gasteiger partial charge < -0.3 is 14.8 Å². The van der Waals surface area contributed by atoms with Gasteiger partial charge in [0.05, 0.1) is 13.2 Å². The fourth-order valence-electron chi connectivity index (χ4n) is 2.21. The highest BCUT2D eigenvalue weighted by molar-refractivity contribution is 6.29. The molecular weight excluding hydrogens is 314 g/mol. The van der Waals surface area contributed by atoms with Crippen LogP contribution >= 0.6 is 11.6 Å². The van der Waals surface area contributed by atoms with E-state index in [9.17, 15) is 0 Å². The van der Waals surface area contributed by atoms with Crippen molar-refractivity contribution in [3.63, 3.8) is 0 Å². The maximum Gasteiger partial charge on any atom is 0.161 e. The number of hydrogen-bond acceptors (Lipinski definition) is 5. The van der Waals surface area contributed by atoms with Crippen LogP contribution in [0.5, 0.6) is 11.5 Å². The molecule has 2 aromatic rings. The lowest BCUT2D eigenvalue weighted by molar-refractivity contribution is 0.287. The molecule has 0 aliphatic rings. The molecule has 1 aromatic heterocycles. The summed E-state index contributed by atoms with van der Waals surface area (Å²) in [5.41, 5.74) is 1.17. The minimum absolute atomic E-state index is 0.444. The van der Waals surface area contributed by atoms with Crippen molar-refractivity contribution in [3.05, 3.63) is 40.8 Å². The Morgan fingerprint density at radius 2 is 1.78 bits per heavy atom. The third-order valence-electron chi connectivity index (χ3n) is 3.13. The standard InChI is InChI=1S/C17H22ClN3O2/c1-4-22-14-7-6-13(10-15(14)23-5-2)8-9-19-17-11-16(18)20-12(3)21-17/h6-7,10-11H,4-5,8-9H2,1-3H3,(H,19,20,21). The van der Waals surface area contributed by atoms with Crippen LogP contribution in [0, 0.1) is 6.92 Å². The number of anilines is 1. The Kier molecular flexibility index (Phi) is 6.47. The van der Waals surface area contributed by atoms with E-state index < -0.39 is 0 Å². The van der Waals surface area contributed by atoms with Gasteiger partial charge in [0.1, 0.15) is 16.8 Å². The number of rotatable bonds is 8. The quantitative estimate of drug-likeness (QED) is 0.742. The summed E-state index contributed by atoms with van der Waals surface area (Å²) in [7, 11) is 0. The predicted molar refractivity (Wildman–Crippen MR) is 92.8 cm³/mol. The molecule has 0 aliphatic carbocycles. The third-order valence-corrected chi connectivity index (χ3v) is 3.33. The Hall–Kier alpha value is -2.01. The van der Waals surface area contributed by atoms with Gasteiger partial charge in [-0.15, -0.1) is 0 Å². The summed E-state index contributed by atoms with van der Waals surface area (Å²) >= 11 is 5.93. The van der Waals surface area contributed by atoms with Crippen molar-refractivity contribution in [2.75, 3.05) is 25.1 Å². The van der Waals surface area contributed by atoms with Gasteiger partial charge >= 0.3 is 0 Å². The molecule has 0 amide bonds. The number of halogens is 1. The summed E-state index contributed by atoms with van der Waals surface area (Å²) in [6, 6.07) is 7.75. The fraction of sp³-hybridized carbons (Fsp3) is 0.412. The molecule has 0 spiro atoms. The molecule has 0 atom stereocenters. The molecule has 0 fully saturated rings. The van der Waals surface area contributed by atoms with Crippen LogP contribution < -0.4 is 14.8 Å². The molecule has 0 radical (unpaired) electrons. The van der Waals surface area contributed by atoms with Gasteiger partial charge in [0.15, 0.2) is 11.5 Å². The van der Waals surface area contributed by atoms with Gasteiger partial charge in [0, 0.05) is 12.6 Å². The molecule has 124 valence electrons. The average molecular weight is 336 g/mol. The van der Waals surface area contributed by atoms with E-state index in [1.165, 1.54) is 5.56 Å². The molecule has 23 heavy (non-hydrogen) atoms. The Labute approximate surface area is 142 Å². The van der Waals surface area contributed by atoms with Crippen molar-refractivity contribution in [1.82, 2.24) is 9.97 Å². The number of aryl methyl sites for hydroxylation is 1. The summed E-state index contributed by atoms with van der Waals surface area (Å²) in [5, 5.41) is 3.70. The first-order valence-electron chi connectivity index (χ1n) is 7.76. The second kappa shape index (κ2) is 8.58. The smallest absolute Gasteiger partial charge is 0.161 e. The molecule has 0 saturated heterocycles. The molecule has 1 heterocycles. The van der Waals surface area contributed by atoms with Gasteiger partial charge in [0.2, 0.25) is 0 Å². The molecule has 0 bridgehead atoms.